The van der Waals surface area contributed by atoms with Gasteiger partial charge in [-0.2, -0.15) is 0 Å². The normalized spacial score (nSPS) is 15.4. The van der Waals surface area contributed by atoms with E-state index in [0.717, 1.165) is 22.5 Å². The van der Waals surface area contributed by atoms with Gasteiger partial charge in [0.2, 0.25) is 0 Å². The van der Waals surface area contributed by atoms with Crippen molar-refractivity contribution in [1.82, 2.24) is 14.9 Å². The van der Waals surface area contributed by atoms with Crippen LogP contribution in [0.5, 0.6) is 23.0 Å². The predicted molar refractivity (Wildman–Crippen MR) is 122 cm³/mol. The van der Waals surface area contributed by atoms with Gasteiger partial charge in [0.15, 0.2) is 18.1 Å². The van der Waals surface area contributed by atoms with Gasteiger partial charge in [0, 0.05) is 37.6 Å². The average Bonchev–Trinajstić information content (AvgIpc) is 2.87. The summed E-state index contributed by atoms with van der Waals surface area (Å²) in [5, 5.41) is 0.917. The maximum Gasteiger partial charge on any atom is 0.260 e. The highest BCUT2D eigenvalue weighted by Crippen LogP contribution is 2.36. The summed E-state index contributed by atoms with van der Waals surface area (Å²) in [6.45, 7) is 6.17. The molecule has 5 rings (SSSR count). The number of nitrogens with zero attached hydrogens (tertiary/aromatic N) is 4. The maximum atomic E-state index is 12.7. The van der Waals surface area contributed by atoms with Gasteiger partial charge in [-0.1, -0.05) is 0 Å². The van der Waals surface area contributed by atoms with Gasteiger partial charge in [-0.3, -0.25) is 4.79 Å². The van der Waals surface area contributed by atoms with Gasteiger partial charge in [-0.25, -0.2) is 9.97 Å². The highest BCUT2D eigenvalue weighted by molar-refractivity contribution is 5.92. The van der Waals surface area contributed by atoms with Crippen LogP contribution < -0.4 is 23.8 Å². The second-order valence-electron chi connectivity index (χ2n) is 7.77. The lowest BCUT2D eigenvalue weighted by Gasteiger charge is -2.35. The largest absolute Gasteiger partial charge is 0.494 e. The van der Waals surface area contributed by atoms with Crippen LogP contribution in [-0.4, -0.2) is 73.4 Å². The lowest BCUT2D eigenvalue weighted by Crippen LogP contribution is -2.50. The smallest absolute Gasteiger partial charge is 0.260 e. The van der Waals surface area contributed by atoms with E-state index < -0.39 is 0 Å². The Balaban J connectivity index is 1.20. The molecular weight excluding hydrogens is 424 g/mol. The molecule has 1 aromatic heterocycles. The van der Waals surface area contributed by atoms with Crippen LogP contribution in [0.25, 0.3) is 10.9 Å². The van der Waals surface area contributed by atoms with Crippen LogP contribution in [0.4, 0.5) is 5.82 Å². The van der Waals surface area contributed by atoms with Gasteiger partial charge in [0.05, 0.1) is 12.1 Å². The van der Waals surface area contributed by atoms with Crippen molar-refractivity contribution in [3.63, 3.8) is 0 Å². The maximum absolute atomic E-state index is 12.7. The molecule has 3 heterocycles. The van der Waals surface area contributed by atoms with Crippen molar-refractivity contribution >= 4 is 22.6 Å². The van der Waals surface area contributed by atoms with Gasteiger partial charge in [-0.15, -0.1) is 0 Å². The Hall–Kier alpha value is -3.75. The Morgan fingerprint density at radius 1 is 0.939 bits per heavy atom. The van der Waals surface area contributed by atoms with Gasteiger partial charge < -0.3 is 28.7 Å². The number of fused-ring (bicyclic) bond motifs is 2. The van der Waals surface area contributed by atoms with Crippen LogP contribution in [0.1, 0.15) is 6.92 Å². The second-order valence-corrected chi connectivity index (χ2v) is 7.77. The van der Waals surface area contributed by atoms with E-state index in [1.54, 1.807) is 6.33 Å². The number of rotatable bonds is 6. The average molecular weight is 450 g/mol. The van der Waals surface area contributed by atoms with E-state index >= 15 is 0 Å². The fourth-order valence-corrected chi connectivity index (χ4v) is 4.03. The van der Waals surface area contributed by atoms with Crippen molar-refractivity contribution in [1.29, 1.82) is 0 Å². The molecule has 9 heteroatoms. The zero-order valence-corrected chi connectivity index (χ0v) is 18.5. The third-order valence-corrected chi connectivity index (χ3v) is 5.71. The summed E-state index contributed by atoms with van der Waals surface area (Å²) in [7, 11) is 0. The third kappa shape index (κ3) is 4.57. The number of hydrogen-bond donors (Lipinski definition) is 0. The number of aromatic nitrogens is 2. The van der Waals surface area contributed by atoms with Crippen molar-refractivity contribution in [3.05, 3.63) is 42.7 Å². The molecule has 3 aromatic rings. The molecule has 1 saturated heterocycles. The fraction of sp³-hybridized carbons (Fsp3) is 0.375. The molecule has 0 radical (unpaired) electrons. The highest BCUT2D eigenvalue weighted by atomic mass is 16.6. The second kappa shape index (κ2) is 9.40. The first-order chi connectivity index (χ1) is 16.2. The molecule has 9 nitrogen and oxygen atoms in total. The van der Waals surface area contributed by atoms with E-state index in [-0.39, 0.29) is 12.5 Å². The zero-order chi connectivity index (χ0) is 22.6. The standard InChI is InChI=1S/C24H26N4O5/c1-2-30-17-3-5-18(6-4-17)33-15-23(29)27-7-9-28(10-8-27)24-19-13-21-22(32-12-11-31-21)14-20(19)25-16-26-24/h3-6,13-14,16H,2,7-12,15H2,1H3. The van der Waals surface area contributed by atoms with Crippen molar-refractivity contribution in [2.45, 2.75) is 6.92 Å². The quantitative estimate of drug-likeness (QED) is 0.566. The van der Waals surface area contributed by atoms with E-state index in [4.69, 9.17) is 18.9 Å². The molecule has 1 amide bonds. The SMILES string of the molecule is CCOc1ccc(OCC(=O)N2CCN(c3ncnc4cc5c(cc34)OCCO5)CC2)cc1. The number of amides is 1. The van der Waals surface area contributed by atoms with Gasteiger partial charge >= 0.3 is 0 Å². The van der Waals surface area contributed by atoms with Crippen LogP contribution in [0.3, 0.4) is 0 Å². The summed E-state index contributed by atoms with van der Waals surface area (Å²) < 4.78 is 22.5. The summed E-state index contributed by atoms with van der Waals surface area (Å²) in [5.74, 6) is 3.66. The summed E-state index contributed by atoms with van der Waals surface area (Å²) in [6.07, 6.45) is 1.57. The van der Waals surface area contributed by atoms with Crippen molar-refractivity contribution < 1.29 is 23.7 Å². The number of carbonyl (C=O) groups excluding carboxylic acids is 1. The Morgan fingerprint density at radius 2 is 1.61 bits per heavy atom. The van der Waals surface area contributed by atoms with E-state index in [1.807, 2.05) is 48.2 Å². The van der Waals surface area contributed by atoms with Crippen LogP contribution in [0.15, 0.2) is 42.7 Å². The molecule has 0 N–H and O–H groups in total. The number of benzene rings is 2. The lowest BCUT2D eigenvalue weighted by molar-refractivity contribution is -0.133. The Kier molecular flexibility index (Phi) is 6.01. The van der Waals surface area contributed by atoms with Crippen molar-refractivity contribution in [2.24, 2.45) is 0 Å². The molecule has 0 spiro atoms. The minimum atomic E-state index is -0.0318. The van der Waals surface area contributed by atoms with Crippen LogP contribution in [0, 0.1) is 0 Å². The van der Waals surface area contributed by atoms with E-state index in [2.05, 4.69) is 14.9 Å². The lowest BCUT2D eigenvalue weighted by atomic mass is 10.1. The Labute approximate surface area is 191 Å². The Bertz CT molecular complexity index is 1130. The summed E-state index contributed by atoms with van der Waals surface area (Å²) in [5.41, 5.74) is 0.812. The number of hydrogen-bond acceptors (Lipinski definition) is 8. The summed E-state index contributed by atoms with van der Waals surface area (Å²) >= 11 is 0. The summed E-state index contributed by atoms with van der Waals surface area (Å²) in [4.78, 5) is 25.6. The van der Waals surface area contributed by atoms with E-state index in [0.29, 0.717) is 63.2 Å². The molecule has 2 aromatic carbocycles. The number of piperazine rings is 1. The summed E-state index contributed by atoms with van der Waals surface area (Å²) in [6, 6.07) is 11.1. The number of anilines is 1. The van der Waals surface area contributed by atoms with Gasteiger partial charge in [-0.05, 0) is 37.3 Å². The minimum absolute atomic E-state index is 0.00783. The molecule has 0 saturated carbocycles. The molecule has 2 aliphatic heterocycles. The molecule has 172 valence electrons. The van der Waals surface area contributed by atoms with Crippen LogP contribution in [-0.2, 0) is 4.79 Å². The molecule has 0 bridgehead atoms. The highest BCUT2D eigenvalue weighted by Gasteiger charge is 2.24. The number of carbonyl (C=O) groups is 1. The van der Waals surface area contributed by atoms with E-state index in [1.165, 1.54) is 0 Å². The molecular formula is C24H26N4O5. The first-order valence-corrected chi connectivity index (χ1v) is 11.1. The van der Waals surface area contributed by atoms with Crippen molar-refractivity contribution in [3.8, 4) is 23.0 Å². The van der Waals surface area contributed by atoms with Gasteiger partial charge in [0.25, 0.3) is 5.91 Å². The van der Waals surface area contributed by atoms with Crippen LogP contribution in [0.2, 0.25) is 0 Å². The molecule has 33 heavy (non-hydrogen) atoms. The predicted octanol–water partition coefficient (Wildman–Crippen LogP) is 2.53. The molecule has 0 unspecified atom stereocenters. The molecule has 0 aliphatic carbocycles. The first kappa shape index (κ1) is 21.1. The topological polar surface area (TPSA) is 86.3 Å². The molecule has 0 atom stereocenters. The molecule has 1 fully saturated rings. The van der Waals surface area contributed by atoms with Crippen molar-refractivity contribution in [2.75, 3.05) is 57.5 Å². The monoisotopic (exact) mass is 450 g/mol. The first-order valence-electron chi connectivity index (χ1n) is 11.1. The third-order valence-electron chi connectivity index (χ3n) is 5.71. The van der Waals surface area contributed by atoms with E-state index in [9.17, 15) is 4.79 Å². The molecule has 2 aliphatic rings. The van der Waals surface area contributed by atoms with Gasteiger partial charge in [0.1, 0.15) is 36.9 Å². The Morgan fingerprint density at radius 3 is 2.30 bits per heavy atom. The fourth-order valence-electron chi connectivity index (χ4n) is 4.03. The minimum Gasteiger partial charge on any atom is -0.494 e. The zero-order valence-electron chi connectivity index (χ0n) is 18.5. The van der Waals surface area contributed by atoms with Crippen LogP contribution >= 0.6 is 0 Å². The number of ether oxygens (including phenoxy) is 4.